The molecule has 0 fully saturated rings. The number of nitrogens with one attached hydrogen (secondary N) is 1. The van der Waals surface area contributed by atoms with Gasteiger partial charge in [-0.2, -0.15) is 0 Å². The summed E-state index contributed by atoms with van der Waals surface area (Å²) in [5.74, 6) is 1.97. The summed E-state index contributed by atoms with van der Waals surface area (Å²) in [5.41, 5.74) is 0. The fourth-order valence-electron chi connectivity index (χ4n) is 1.94. The van der Waals surface area contributed by atoms with Gasteiger partial charge in [-0.25, -0.2) is 0 Å². The summed E-state index contributed by atoms with van der Waals surface area (Å²) < 4.78 is 5.37. The molecule has 1 heterocycles. The van der Waals surface area contributed by atoms with E-state index in [-0.39, 0.29) is 13.2 Å². The van der Waals surface area contributed by atoms with Gasteiger partial charge in [-0.3, -0.25) is 0 Å². The van der Waals surface area contributed by atoms with Crippen LogP contribution in [-0.2, 0) is 13.2 Å². The molecule has 1 atom stereocenters. The summed E-state index contributed by atoms with van der Waals surface area (Å²) in [6.07, 6.45) is 3.12. The largest absolute Gasteiger partial charge is 0.462 e. The Morgan fingerprint density at radius 2 is 2.00 bits per heavy atom. The fourth-order valence-corrected chi connectivity index (χ4v) is 1.94. The number of furan rings is 1. The standard InChI is InChI=1S/C13H23NO3/c1-2-3-11(6-7-15)8-14-9-12-4-5-13(10-16)17-12/h4-5,11,14-16H,2-3,6-10H2,1H3. The lowest BCUT2D eigenvalue weighted by Gasteiger charge is -2.14. The summed E-state index contributed by atoms with van der Waals surface area (Å²) in [7, 11) is 0. The van der Waals surface area contributed by atoms with Crippen molar-refractivity contribution in [1.29, 1.82) is 0 Å². The normalized spacial score (nSPS) is 12.9. The Morgan fingerprint density at radius 1 is 1.24 bits per heavy atom. The lowest BCUT2D eigenvalue weighted by Crippen LogP contribution is -2.23. The molecule has 0 amide bonds. The summed E-state index contributed by atoms with van der Waals surface area (Å²) in [6.45, 7) is 3.92. The fraction of sp³-hybridized carbons (Fsp3) is 0.692. The second-order valence-electron chi connectivity index (χ2n) is 4.32. The molecule has 0 aliphatic carbocycles. The number of aliphatic hydroxyl groups excluding tert-OH is 2. The molecule has 0 spiro atoms. The molecule has 0 aliphatic heterocycles. The highest BCUT2D eigenvalue weighted by atomic mass is 16.4. The van der Waals surface area contributed by atoms with Crippen LogP contribution in [0.4, 0.5) is 0 Å². The van der Waals surface area contributed by atoms with Crippen molar-refractivity contribution in [3.05, 3.63) is 23.7 Å². The summed E-state index contributed by atoms with van der Waals surface area (Å²) in [5, 5.41) is 21.1. The molecule has 0 aliphatic rings. The minimum atomic E-state index is -0.0526. The van der Waals surface area contributed by atoms with Gasteiger partial charge < -0.3 is 19.9 Å². The predicted molar refractivity (Wildman–Crippen MR) is 66.4 cm³/mol. The van der Waals surface area contributed by atoms with Gasteiger partial charge >= 0.3 is 0 Å². The first kappa shape index (κ1) is 14.2. The highest BCUT2D eigenvalue weighted by Crippen LogP contribution is 2.11. The van der Waals surface area contributed by atoms with Crippen LogP contribution in [-0.4, -0.2) is 23.4 Å². The lowest BCUT2D eigenvalue weighted by atomic mass is 10.0. The Balaban J connectivity index is 2.24. The van der Waals surface area contributed by atoms with Crippen molar-refractivity contribution < 1.29 is 14.6 Å². The molecular weight excluding hydrogens is 218 g/mol. The van der Waals surface area contributed by atoms with Crippen molar-refractivity contribution in [3.8, 4) is 0 Å². The van der Waals surface area contributed by atoms with Crippen molar-refractivity contribution in [2.24, 2.45) is 5.92 Å². The zero-order valence-corrected chi connectivity index (χ0v) is 10.5. The number of hydrogen-bond donors (Lipinski definition) is 3. The van der Waals surface area contributed by atoms with Crippen LogP contribution >= 0.6 is 0 Å². The van der Waals surface area contributed by atoms with Crippen LogP contribution < -0.4 is 5.32 Å². The second kappa shape index (κ2) is 8.28. The molecule has 3 N–H and O–H groups in total. The van der Waals surface area contributed by atoms with Crippen LogP contribution in [0.15, 0.2) is 16.5 Å². The topological polar surface area (TPSA) is 65.6 Å². The summed E-state index contributed by atoms with van der Waals surface area (Å²) in [6, 6.07) is 3.66. The summed E-state index contributed by atoms with van der Waals surface area (Å²) in [4.78, 5) is 0. The molecule has 4 nitrogen and oxygen atoms in total. The van der Waals surface area contributed by atoms with E-state index >= 15 is 0 Å². The molecule has 1 aromatic rings. The van der Waals surface area contributed by atoms with Crippen LogP contribution in [0.1, 0.15) is 37.7 Å². The van der Waals surface area contributed by atoms with E-state index in [1.165, 1.54) is 0 Å². The maximum atomic E-state index is 8.94. The van der Waals surface area contributed by atoms with Crippen molar-refractivity contribution >= 4 is 0 Å². The second-order valence-corrected chi connectivity index (χ2v) is 4.32. The van der Waals surface area contributed by atoms with Crippen LogP contribution in [0, 0.1) is 5.92 Å². The first-order chi connectivity index (χ1) is 8.30. The van der Waals surface area contributed by atoms with Gasteiger partial charge in [0.15, 0.2) is 0 Å². The van der Waals surface area contributed by atoms with E-state index in [4.69, 9.17) is 14.6 Å². The van der Waals surface area contributed by atoms with Crippen molar-refractivity contribution in [2.75, 3.05) is 13.2 Å². The van der Waals surface area contributed by atoms with Gasteiger partial charge in [-0.05, 0) is 37.4 Å². The Hall–Kier alpha value is -0.840. The average molecular weight is 241 g/mol. The van der Waals surface area contributed by atoms with Crippen LogP contribution in [0.3, 0.4) is 0 Å². The molecule has 0 radical (unpaired) electrons. The Morgan fingerprint density at radius 3 is 2.59 bits per heavy atom. The number of rotatable bonds is 9. The molecule has 0 saturated carbocycles. The maximum absolute atomic E-state index is 8.94. The van der Waals surface area contributed by atoms with Gasteiger partial charge in [-0.1, -0.05) is 13.3 Å². The van der Waals surface area contributed by atoms with E-state index < -0.39 is 0 Å². The third-order valence-corrected chi connectivity index (χ3v) is 2.84. The molecule has 17 heavy (non-hydrogen) atoms. The number of aliphatic hydroxyl groups is 2. The maximum Gasteiger partial charge on any atom is 0.129 e. The molecule has 4 heteroatoms. The Kier molecular flexibility index (Phi) is 6.93. The molecule has 0 saturated heterocycles. The van der Waals surface area contributed by atoms with Gasteiger partial charge in [0.25, 0.3) is 0 Å². The third-order valence-electron chi connectivity index (χ3n) is 2.84. The number of hydrogen-bond acceptors (Lipinski definition) is 4. The highest BCUT2D eigenvalue weighted by Gasteiger charge is 2.07. The SMILES string of the molecule is CCCC(CCO)CNCc1ccc(CO)o1. The highest BCUT2D eigenvalue weighted by molar-refractivity contribution is 5.05. The van der Waals surface area contributed by atoms with E-state index in [2.05, 4.69) is 12.2 Å². The molecule has 98 valence electrons. The van der Waals surface area contributed by atoms with E-state index in [0.29, 0.717) is 18.2 Å². The van der Waals surface area contributed by atoms with Gasteiger partial charge in [0, 0.05) is 6.61 Å². The van der Waals surface area contributed by atoms with Crippen molar-refractivity contribution in [1.82, 2.24) is 5.32 Å². The lowest BCUT2D eigenvalue weighted by molar-refractivity contribution is 0.239. The minimum absolute atomic E-state index is 0.0526. The van der Waals surface area contributed by atoms with E-state index in [9.17, 15) is 0 Å². The van der Waals surface area contributed by atoms with Crippen molar-refractivity contribution in [2.45, 2.75) is 39.3 Å². The van der Waals surface area contributed by atoms with E-state index in [0.717, 1.165) is 31.6 Å². The van der Waals surface area contributed by atoms with Crippen LogP contribution in [0.5, 0.6) is 0 Å². The van der Waals surface area contributed by atoms with Crippen LogP contribution in [0.25, 0.3) is 0 Å². The van der Waals surface area contributed by atoms with Crippen LogP contribution in [0.2, 0.25) is 0 Å². The smallest absolute Gasteiger partial charge is 0.129 e. The Labute approximate surface area is 103 Å². The monoisotopic (exact) mass is 241 g/mol. The zero-order chi connectivity index (χ0) is 12.5. The summed E-state index contributed by atoms with van der Waals surface area (Å²) >= 11 is 0. The third kappa shape index (κ3) is 5.35. The predicted octanol–water partition coefficient (Wildman–Crippen LogP) is 1.66. The molecule has 1 rings (SSSR count). The molecular formula is C13H23NO3. The molecule has 0 bridgehead atoms. The Bertz CT molecular complexity index is 293. The van der Waals surface area contributed by atoms with Gasteiger partial charge in [0.2, 0.25) is 0 Å². The van der Waals surface area contributed by atoms with E-state index in [1.807, 2.05) is 6.07 Å². The quantitative estimate of drug-likeness (QED) is 0.615. The minimum Gasteiger partial charge on any atom is -0.462 e. The molecule has 1 unspecified atom stereocenters. The van der Waals surface area contributed by atoms with Crippen molar-refractivity contribution in [3.63, 3.8) is 0 Å². The molecule has 1 aromatic heterocycles. The molecule has 0 aromatic carbocycles. The average Bonchev–Trinajstić information content (AvgIpc) is 2.77. The first-order valence-electron chi connectivity index (χ1n) is 6.30. The van der Waals surface area contributed by atoms with E-state index in [1.54, 1.807) is 6.07 Å². The van der Waals surface area contributed by atoms with Gasteiger partial charge in [0.1, 0.15) is 18.1 Å². The van der Waals surface area contributed by atoms with Gasteiger partial charge in [0.05, 0.1) is 6.54 Å². The zero-order valence-electron chi connectivity index (χ0n) is 10.5. The van der Waals surface area contributed by atoms with Gasteiger partial charge in [-0.15, -0.1) is 0 Å². The first-order valence-corrected chi connectivity index (χ1v) is 6.30.